The van der Waals surface area contributed by atoms with Gasteiger partial charge in [0.05, 0.1) is 24.4 Å². The van der Waals surface area contributed by atoms with E-state index in [1.807, 2.05) is 6.92 Å². The van der Waals surface area contributed by atoms with Crippen LogP contribution in [-0.2, 0) is 4.74 Å². The summed E-state index contributed by atoms with van der Waals surface area (Å²) in [6.45, 7) is 3.84. The maximum atomic E-state index is 5.94. The number of anilines is 1. The number of ether oxygens (including phenoxy) is 1. The number of nitrogens with zero attached hydrogens (tertiary/aromatic N) is 1. The summed E-state index contributed by atoms with van der Waals surface area (Å²) < 4.78 is 7.03. The fourth-order valence-corrected chi connectivity index (χ4v) is 3.89. The molecule has 19 heavy (non-hydrogen) atoms. The highest BCUT2D eigenvalue weighted by Crippen LogP contribution is 2.37. The SMILES string of the molecule is C[C@@H](N)c1ccc(N2CCOC3CCCC32)c(Br)c1. The molecule has 2 aliphatic rings. The smallest absolute Gasteiger partial charge is 0.0779 e. The van der Waals surface area contributed by atoms with E-state index in [0.717, 1.165) is 17.6 Å². The van der Waals surface area contributed by atoms with E-state index in [-0.39, 0.29) is 6.04 Å². The topological polar surface area (TPSA) is 38.5 Å². The summed E-state index contributed by atoms with van der Waals surface area (Å²) in [6.07, 6.45) is 4.15. The Hall–Kier alpha value is -0.580. The Balaban J connectivity index is 1.88. The lowest BCUT2D eigenvalue weighted by atomic mass is 10.1. The first-order valence-electron chi connectivity index (χ1n) is 7.10. The molecule has 3 atom stereocenters. The van der Waals surface area contributed by atoms with Gasteiger partial charge in [0.25, 0.3) is 0 Å². The van der Waals surface area contributed by atoms with Gasteiger partial charge in [-0.1, -0.05) is 6.07 Å². The molecule has 1 saturated carbocycles. The highest BCUT2D eigenvalue weighted by molar-refractivity contribution is 9.10. The van der Waals surface area contributed by atoms with Crippen LogP contribution in [0.2, 0.25) is 0 Å². The molecule has 1 aliphatic carbocycles. The highest BCUT2D eigenvalue weighted by atomic mass is 79.9. The van der Waals surface area contributed by atoms with Crippen LogP contribution in [0.25, 0.3) is 0 Å². The maximum Gasteiger partial charge on any atom is 0.0779 e. The van der Waals surface area contributed by atoms with Crippen molar-refractivity contribution in [2.24, 2.45) is 5.73 Å². The number of halogens is 1. The Bertz CT molecular complexity index is 463. The summed E-state index contributed by atoms with van der Waals surface area (Å²) in [4.78, 5) is 2.51. The molecular weight excluding hydrogens is 304 g/mol. The number of morpholine rings is 1. The van der Waals surface area contributed by atoms with Gasteiger partial charge in [-0.15, -0.1) is 0 Å². The molecule has 2 N–H and O–H groups in total. The number of hydrogen-bond acceptors (Lipinski definition) is 3. The Morgan fingerprint density at radius 3 is 3.00 bits per heavy atom. The third-order valence-corrected chi connectivity index (χ3v) is 4.92. The van der Waals surface area contributed by atoms with Gasteiger partial charge in [-0.3, -0.25) is 0 Å². The van der Waals surface area contributed by atoms with Crippen LogP contribution in [-0.4, -0.2) is 25.3 Å². The molecular formula is C15H21BrN2O. The first-order chi connectivity index (χ1) is 9.16. The molecule has 1 aromatic carbocycles. The second-order valence-electron chi connectivity index (χ2n) is 5.60. The predicted molar refractivity (Wildman–Crippen MR) is 81.5 cm³/mol. The van der Waals surface area contributed by atoms with Crippen molar-refractivity contribution in [1.29, 1.82) is 0 Å². The van der Waals surface area contributed by atoms with Crippen LogP contribution in [0.15, 0.2) is 22.7 Å². The molecule has 4 heteroatoms. The molecule has 3 nitrogen and oxygen atoms in total. The molecule has 0 amide bonds. The molecule has 1 saturated heterocycles. The summed E-state index contributed by atoms with van der Waals surface area (Å²) >= 11 is 3.71. The third-order valence-electron chi connectivity index (χ3n) is 4.29. The number of rotatable bonds is 2. The van der Waals surface area contributed by atoms with E-state index in [4.69, 9.17) is 10.5 Å². The van der Waals surface area contributed by atoms with Crippen LogP contribution in [0.4, 0.5) is 5.69 Å². The number of hydrogen-bond donors (Lipinski definition) is 1. The quantitative estimate of drug-likeness (QED) is 0.907. The lowest BCUT2D eigenvalue weighted by Gasteiger charge is -2.40. The molecule has 1 heterocycles. The van der Waals surface area contributed by atoms with Gasteiger partial charge < -0.3 is 15.4 Å². The van der Waals surface area contributed by atoms with E-state index in [0.29, 0.717) is 12.1 Å². The lowest BCUT2D eigenvalue weighted by Crippen LogP contribution is -2.48. The zero-order chi connectivity index (χ0) is 13.4. The van der Waals surface area contributed by atoms with Crippen LogP contribution in [0.5, 0.6) is 0 Å². The van der Waals surface area contributed by atoms with Gasteiger partial charge in [0.15, 0.2) is 0 Å². The number of nitrogens with two attached hydrogens (primary N) is 1. The van der Waals surface area contributed by atoms with Crippen molar-refractivity contribution >= 4 is 21.6 Å². The molecule has 2 unspecified atom stereocenters. The van der Waals surface area contributed by atoms with Gasteiger partial charge in [-0.2, -0.15) is 0 Å². The van der Waals surface area contributed by atoms with Crippen molar-refractivity contribution in [1.82, 2.24) is 0 Å². The van der Waals surface area contributed by atoms with Crippen molar-refractivity contribution in [2.75, 3.05) is 18.1 Å². The summed E-state index contributed by atoms with van der Waals surface area (Å²) in [7, 11) is 0. The van der Waals surface area contributed by atoms with Crippen molar-refractivity contribution in [3.8, 4) is 0 Å². The van der Waals surface area contributed by atoms with E-state index in [1.54, 1.807) is 0 Å². The van der Waals surface area contributed by atoms with Crippen LogP contribution in [0.1, 0.15) is 37.8 Å². The summed E-state index contributed by atoms with van der Waals surface area (Å²) in [6, 6.07) is 7.12. The van der Waals surface area contributed by atoms with E-state index in [2.05, 4.69) is 39.0 Å². The van der Waals surface area contributed by atoms with Gasteiger partial charge in [-0.25, -0.2) is 0 Å². The largest absolute Gasteiger partial charge is 0.374 e. The summed E-state index contributed by atoms with van der Waals surface area (Å²) in [5.41, 5.74) is 8.40. The van der Waals surface area contributed by atoms with E-state index < -0.39 is 0 Å². The van der Waals surface area contributed by atoms with E-state index in [1.165, 1.54) is 30.5 Å². The molecule has 3 rings (SSSR count). The normalized spacial score (nSPS) is 28.3. The molecule has 1 aliphatic heterocycles. The minimum atomic E-state index is 0.0780. The minimum Gasteiger partial charge on any atom is -0.374 e. The Morgan fingerprint density at radius 1 is 1.42 bits per heavy atom. The van der Waals surface area contributed by atoms with Crippen LogP contribution in [0.3, 0.4) is 0 Å². The number of benzene rings is 1. The molecule has 0 bridgehead atoms. The van der Waals surface area contributed by atoms with Crippen LogP contribution >= 0.6 is 15.9 Å². The summed E-state index contributed by atoms with van der Waals surface area (Å²) in [5, 5.41) is 0. The van der Waals surface area contributed by atoms with Crippen molar-refractivity contribution in [2.45, 2.75) is 44.4 Å². The van der Waals surface area contributed by atoms with E-state index in [9.17, 15) is 0 Å². The van der Waals surface area contributed by atoms with Gasteiger partial charge in [0, 0.05) is 17.1 Å². The lowest BCUT2D eigenvalue weighted by molar-refractivity contribution is 0.0256. The fraction of sp³-hybridized carbons (Fsp3) is 0.600. The standard InChI is InChI=1S/C15H21BrN2O/c1-10(17)11-5-6-13(12(16)9-11)18-7-8-19-15-4-2-3-14(15)18/h5-6,9-10,14-15H,2-4,7-8,17H2,1H3/t10-,14?,15?/m1/s1. The molecule has 2 fully saturated rings. The molecule has 0 aromatic heterocycles. The first-order valence-corrected chi connectivity index (χ1v) is 7.89. The highest BCUT2D eigenvalue weighted by Gasteiger charge is 2.36. The van der Waals surface area contributed by atoms with Crippen LogP contribution in [0, 0.1) is 0 Å². The van der Waals surface area contributed by atoms with Gasteiger partial charge in [0.2, 0.25) is 0 Å². The Labute approximate surface area is 123 Å². The second kappa shape index (κ2) is 5.43. The second-order valence-corrected chi connectivity index (χ2v) is 6.45. The Kier molecular flexibility index (Phi) is 3.83. The average Bonchev–Trinajstić information content (AvgIpc) is 2.86. The maximum absolute atomic E-state index is 5.94. The fourth-order valence-electron chi connectivity index (χ4n) is 3.26. The van der Waals surface area contributed by atoms with E-state index >= 15 is 0 Å². The summed E-state index contributed by atoms with van der Waals surface area (Å²) in [5.74, 6) is 0. The number of fused-ring (bicyclic) bond motifs is 1. The first kappa shape index (κ1) is 13.4. The van der Waals surface area contributed by atoms with Crippen molar-refractivity contribution in [3.63, 3.8) is 0 Å². The van der Waals surface area contributed by atoms with Crippen molar-refractivity contribution in [3.05, 3.63) is 28.2 Å². The molecule has 0 radical (unpaired) electrons. The zero-order valence-corrected chi connectivity index (χ0v) is 12.9. The molecule has 1 aromatic rings. The molecule has 0 spiro atoms. The van der Waals surface area contributed by atoms with Crippen molar-refractivity contribution < 1.29 is 4.74 Å². The third kappa shape index (κ3) is 2.54. The minimum absolute atomic E-state index is 0.0780. The van der Waals surface area contributed by atoms with Gasteiger partial charge in [0.1, 0.15) is 0 Å². The van der Waals surface area contributed by atoms with Gasteiger partial charge >= 0.3 is 0 Å². The predicted octanol–water partition coefficient (Wildman–Crippen LogP) is 3.23. The monoisotopic (exact) mass is 324 g/mol. The molecule has 104 valence electrons. The zero-order valence-electron chi connectivity index (χ0n) is 11.3. The van der Waals surface area contributed by atoms with Crippen LogP contribution < -0.4 is 10.6 Å². The van der Waals surface area contributed by atoms with Gasteiger partial charge in [-0.05, 0) is 59.8 Å². The Morgan fingerprint density at radius 2 is 2.26 bits per heavy atom. The average molecular weight is 325 g/mol.